The molecule has 1 aromatic rings. The van der Waals surface area contributed by atoms with Crippen molar-refractivity contribution in [2.45, 2.75) is 13.8 Å². The molecule has 0 N–H and O–H groups in total. The van der Waals surface area contributed by atoms with Crippen molar-refractivity contribution in [2.75, 3.05) is 19.7 Å². The summed E-state index contributed by atoms with van der Waals surface area (Å²) in [4.78, 5) is 13.4. The summed E-state index contributed by atoms with van der Waals surface area (Å²) in [5.41, 5.74) is 0. The van der Waals surface area contributed by atoms with Crippen LogP contribution in [0.5, 0.6) is 5.75 Å². The van der Waals surface area contributed by atoms with Crippen molar-refractivity contribution in [2.24, 2.45) is 0 Å². The molecule has 0 aliphatic rings. The van der Waals surface area contributed by atoms with Crippen molar-refractivity contribution in [3.63, 3.8) is 0 Å². The van der Waals surface area contributed by atoms with Crippen LogP contribution < -0.4 is 4.74 Å². The molecule has 16 heavy (non-hydrogen) atoms. The van der Waals surface area contributed by atoms with Gasteiger partial charge in [0, 0.05) is 13.1 Å². The van der Waals surface area contributed by atoms with E-state index in [9.17, 15) is 4.79 Å². The van der Waals surface area contributed by atoms with Crippen molar-refractivity contribution in [1.29, 1.82) is 0 Å². The maximum atomic E-state index is 11.7. The Morgan fingerprint density at radius 3 is 2.50 bits per heavy atom. The van der Waals surface area contributed by atoms with Crippen molar-refractivity contribution in [3.8, 4) is 5.75 Å². The average Bonchev–Trinajstić information content (AvgIpc) is 2.29. The van der Waals surface area contributed by atoms with Gasteiger partial charge >= 0.3 is 0 Å². The molecule has 0 heterocycles. The van der Waals surface area contributed by atoms with Crippen LogP contribution in [0.15, 0.2) is 24.3 Å². The first-order valence-corrected chi connectivity index (χ1v) is 6.42. The molecule has 0 aliphatic heterocycles. The molecule has 1 amide bonds. The molecule has 0 atom stereocenters. The first kappa shape index (κ1) is 13.3. The number of likely N-dealkylation sites (N-methyl/N-ethyl adjacent to an activating group) is 1. The molecule has 0 fully saturated rings. The molecule has 0 aromatic heterocycles. The zero-order valence-corrected chi connectivity index (χ0v) is 11.7. The Bertz CT molecular complexity index is 351. The third kappa shape index (κ3) is 3.66. The normalized spacial score (nSPS) is 9.94. The summed E-state index contributed by atoms with van der Waals surface area (Å²) in [5, 5.41) is 0. The first-order valence-electron chi connectivity index (χ1n) is 5.34. The third-order valence-corrected chi connectivity index (χ3v) is 3.20. The molecule has 0 aliphatic carbocycles. The lowest BCUT2D eigenvalue weighted by Crippen LogP contribution is -2.34. The first-order chi connectivity index (χ1) is 7.69. The van der Waals surface area contributed by atoms with Crippen LogP contribution in [0.3, 0.4) is 0 Å². The second-order valence-electron chi connectivity index (χ2n) is 3.29. The minimum atomic E-state index is 0.0321. The number of carbonyl (C=O) groups is 1. The number of amides is 1. The lowest BCUT2D eigenvalue weighted by atomic mass is 10.3. The van der Waals surface area contributed by atoms with Gasteiger partial charge in [0.2, 0.25) is 0 Å². The van der Waals surface area contributed by atoms with Crippen LogP contribution in [0.25, 0.3) is 0 Å². The fourth-order valence-corrected chi connectivity index (χ4v) is 1.91. The van der Waals surface area contributed by atoms with Crippen LogP contribution in [0.2, 0.25) is 0 Å². The second kappa shape index (κ2) is 6.73. The van der Waals surface area contributed by atoms with Gasteiger partial charge in [-0.3, -0.25) is 4.79 Å². The van der Waals surface area contributed by atoms with E-state index in [4.69, 9.17) is 4.74 Å². The highest BCUT2D eigenvalue weighted by molar-refractivity contribution is 14.1. The molecule has 88 valence electrons. The summed E-state index contributed by atoms with van der Waals surface area (Å²) < 4.78 is 6.51. The van der Waals surface area contributed by atoms with Gasteiger partial charge in [-0.2, -0.15) is 0 Å². The van der Waals surface area contributed by atoms with Crippen LogP contribution in [0.1, 0.15) is 13.8 Å². The second-order valence-corrected chi connectivity index (χ2v) is 4.45. The van der Waals surface area contributed by atoms with Crippen molar-refractivity contribution in [1.82, 2.24) is 4.90 Å². The molecule has 1 aromatic carbocycles. The molecular formula is C12H16INO2. The third-order valence-electron chi connectivity index (χ3n) is 2.30. The van der Waals surface area contributed by atoms with Gasteiger partial charge in [-0.25, -0.2) is 0 Å². The van der Waals surface area contributed by atoms with Crippen LogP contribution in [-0.2, 0) is 4.79 Å². The molecule has 3 nitrogen and oxygen atoms in total. The van der Waals surface area contributed by atoms with Crippen molar-refractivity contribution < 1.29 is 9.53 Å². The summed E-state index contributed by atoms with van der Waals surface area (Å²) in [6.07, 6.45) is 0. The van der Waals surface area contributed by atoms with Gasteiger partial charge in [0.15, 0.2) is 6.61 Å². The molecule has 0 bridgehead atoms. The van der Waals surface area contributed by atoms with Crippen LogP contribution in [0, 0.1) is 3.57 Å². The van der Waals surface area contributed by atoms with Gasteiger partial charge in [-0.15, -0.1) is 0 Å². The fraction of sp³-hybridized carbons (Fsp3) is 0.417. The van der Waals surface area contributed by atoms with E-state index in [1.807, 2.05) is 38.1 Å². The monoisotopic (exact) mass is 333 g/mol. The molecule has 0 saturated carbocycles. The highest BCUT2D eigenvalue weighted by Crippen LogP contribution is 2.19. The van der Waals surface area contributed by atoms with E-state index < -0.39 is 0 Å². The Balaban J connectivity index is 2.52. The standard InChI is InChI=1S/C12H16INO2/c1-3-14(4-2)12(15)9-16-11-8-6-5-7-10(11)13/h5-8H,3-4,9H2,1-2H3. The van der Waals surface area contributed by atoms with Crippen LogP contribution in [0.4, 0.5) is 0 Å². The van der Waals surface area contributed by atoms with Gasteiger partial charge in [-0.05, 0) is 48.6 Å². The summed E-state index contributed by atoms with van der Waals surface area (Å²) in [7, 11) is 0. The number of hydrogen-bond acceptors (Lipinski definition) is 2. The quantitative estimate of drug-likeness (QED) is 0.775. The number of benzene rings is 1. The Morgan fingerprint density at radius 2 is 1.94 bits per heavy atom. The average molecular weight is 333 g/mol. The lowest BCUT2D eigenvalue weighted by molar-refractivity contribution is -0.132. The Kier molecular flexibility index (Phi) is 5.59. The summed E-state index contributed by atoms with van der Waals surface area (Å²) in [6, 6.07) is 7.68. The van der Waals surface area contributed by atoms with Crippen molar-refractivity contribution >= 4 is 28.5 Å². The molecule has 0 saturated heterocycles. The zero-order chi connectivity index (χ0) is 12.0. The number of para-hydroxylation sites is 1. The van der Waals surface area contributed by atoms with E-state index in [1.165, 1.54) is 0 Å². The molecule has 0 radical (unpaired) electrons. The highest BCUT2D eigenvalue weighted by atomic mass is 127. The lowest BCUT2D eigenvalue weighted by Gasteiger charge is -2.18. The molecular weight excluding hydrogens is 317 g/mol. The number of nitrogens with zero attached hydrogens (tertiary/aromatic N) is 1. The van der Waals surface area contributed by atoms with E-state index in [0.717, 1.165) is 22.4 Å². The van der Waals surface area contributed by atoms with Gasteiger partial charge in [0.1, 0.15) is 5.75 Å². The largest absolute Gasteiger partial charge is 0.483 e. The molecule has 0 spiro atoms. The molecule has 4 heteroatoms. The fourth-order valence-electron chi connectivity index (χ4n) is 1.37. The highest BCUT2D eigenvalue weighted by Gasteiger charge is 2.10. The zero-order valence-electron chi connectivity index (χ0n) is 9.57. The van der Waals surface area contributed by atoms with Gasteiger partial charge < -0.3 is 9.64 Å². The Morgan fingerprint density at radius 1 is 1.31 bits per heavy atom. The number of halogens is 1. The SMILES string of the molecule is CCN(CC)C(=O)COc1ccccc1I. The smallest absolute Gasteiger partial charge is 0.260 e. The summed E-state index contributed by atoms with van der Waals surface area (Å²) >= 11 is 2.19. The van der Waals surface area contributed by atoms with E-state index in [1.54, 1.807) is 4.90 Å². The number of rotatable bonds is 5. The van der Waals surface area contributed by atoms with Crippen LogP contribution in [-0.4, -0.2) is 30.5 Å². The Hall–Kier alpha value is -0.780. The maximum Gasteiger partial charge on any atom is 0.260 e. The minimum Gasteiger partial charge on any atom is -0.483 e. The molecule has 1 rings (SSSR count). The predicted octanol–water partition coefficient (Wildman–Crippen LogP) is 2.54. The van der Waals surface area contributed by atoms with Crippen LogP contribution >= 0.6 is 22.6 Å². The molecule has 0 unspecified atom stereocenters. The minimum absolute atomic E-state index is 0.0321. The number of carbonyl (C=O) groups excluding carboxylic acids is 1. The summed E-state index contributed by atoms with van der Waals surface area (Å²) in [6.45, 7) is 5.50. The predicted molar refractivity (Wildman–Crippen MR) is 72.6 cm³/mol. The van der Waals surface area contributed by atoms with Crippen molar-refractivity contribution in [3.05, 3.63) is 27.8 Å². The maximum absolute atomic E-state index is 11.7. The van der Waals surface area contributed by atoms with E-state index >= 15 is 0 Å². The van der Waals surface area contributed by atoms with E-state index in [0.29, 0.717) is 0 Å². The Labute approximate surface area is 110 Å². The number of hydrogen-bond donors (Lipinski definition) is 0. The number of ether oxygens (including phenoxy) is 1. The van der Waals surface area contributed by atoms with Gasteiger partial charge in [-0.1, -0.05) is 12.1 Å². The van der Waals surface area contributed by atoms with Gasteiger partial charge in [0.05, 0.1) is 3.57 Å². The topological polar surface area (TPSA) is 29.5 Å². The van der Waals surface area contributed by atoms with Gasteiger partial charge in [0.25, 0.3) is 5.91 Å². The summed E-state index contributed by atoms with van der Waals surface area (Å²) in [5.74, 6) is 0.799. The van der Waals surface area contributed by atoms with E-state index in [2.05, 4.69) is 22.6 Å². The van der Waals surface area contributed by atoms with E-state index in [-0.39, 0.29) is 12.5 Å².